The van der Waals surface area contributed by atoms with Crippen LogP contribution in [-0.2, 0) is 0 Å². The van der Waals surface area contributed by atoms with Crippen molar-refractivity contribution in [2.45, 2.75) is 20.8 Å². The molecule has 3 rings (SSSR count). The van der Waals surface area contributed by atoms with Crippen LogP contribution in [0.5, 0.6) is 0 Å². The van der Waals surface area contributed by atoms with Gasteiger partial charge in [-0.1, -0.05) is 11.6 Å². The van der Waals surface area contributed by atoms with Gasteiger partial charge in [0.2, 0.25) is 0 Å². The number of aryl methyl sites for hydroxylation is 2. The number of primary amides is 1. The number of amides is 2. The number of carbonyl (C=O) groups excluding carboxylic acids is 2. The van der Waals surface area contributed by atoms with Gasteiger partial charge in [-0.25, -0.2) is 4.98 Å². The average molecular weight is 363 g/mol. The summed E-state index contributed by atoms with van der Waals surface area (Å²) >= 11 is 7.29. The Balaban J connectivity index is 2.04. The Morgan fingerprint density at radius 3 is 2.71 bits per heavy atom. The van der Waals surface area contributed by atoms with E-state index >= 15 is 0 Å². The van der Waals surface area contributed by atoms with E-state index in [4.69, 9.17) is 17.3 Å². The summed E-state index contributed by atoms with van der Waals surface area (Å²) in [6, 6.07) is 3.36. The van der Waals surface area contributed by atoms with E-state index in [1.54, 1.807) is 29.7 Å². The fourth-order valence-corrected chi connectivity index (χ4v) is 3.80. The lowest BCUT2D eigenvalue weighted by Gasteiger charge is -2.06. The minimum atomic E-state index is -0.561. The van der Waals surface area contributed by atoms with E-state index < -0.39 is 5.91 Å². The predicted octanol–water partition coefficient (Wildman–Crippen LogP) is 3.33. The third kappa shape index (κ3) is 2.65. The number of imidazole rings is 1. The van der Waals surface area contributed by atoms with E-state index in [0.29, 0.717) is 32.6 Å². The molecule has 0 spiro atoms. The topological polar surface area (TPSA) is 89.5 Å². The van der Waals surface area contributed by atoms with E-state index in [-0.39, 0.29) is 5.91 Å². The highest BCUT2D eigenvalue weighted by molar-refractivity contribution is 7.16. The summed E-state index contributed by atoms with van der Waals surface area (Å²) in [5, 5.41) is 3.78. The second-order valence-electron chi connectivity index (χ2n) is 5.42. The first kappa shape index (κ1) is 16.5. The summed E-state index contributed by atoms with van der Waals surface area (Å²) in [5.41, 5.74) is 8.12. The summed E-state index contributed by atoms with van der Waals surface area (Å²) in [5.74, 6) is -0.917. The molecular formula is C16H15ClN4O2S. The predicted molar refractivity (Wildman–Crippen MR) is 95.2 cm³/mol. The third-order valence-corrected chi connectivity index (χ3v) is 5.19. The summed E-state index contributed by atoms with van der Waals surface area (Å²) < 4.78 is 1.66. The fourth-order valence-electron chi connectivity index (χ4n) is 2.59. The van der Waals surface area contributed by atoms with E-state index in [0.717, 1.165) is 10.4 Å². The number of fused-ring (bicyclic) bond motifs is 1. The molecule has 124 valence electrons. The third-order valence-electron chi connectivity index (χ3n) is 3.84. The Kier molecular flexibility index (Phi) is 4.06. The van der Waals surface area contributed by atoms with Gasteiger partial charge in [-0.05, 0) is 32.4 Å². The van der Waals surface area contributed by atoms with Crippen molar-refractivity contribution < 1.29 is 9.59 Å². The minimum Gasteiger partial charge on any atom is -0.365 e. The first-order chi connectivity index (χ1) is 11.3. The number of anilines is 1. The lowest BCUT2D eigenvalue weighted by Crippen LogP contribution is -2.19. The van der Waals surface area contributed by atoms with Gasteiger partial charge in [0.05, 0.1) is 11.3 Å². The number of hydrogen-bond acceptors (Lipinski definition) is 4. The standard InChI is InChI=1S/C16H15ClN4O2S/c1-7-9(3)24-16(12(7)14(18)22)20-15(23)13-8(2)19-11-6-10(17)4-5-21(11)13/h4-6H,1-3H3,(H2,18,22)(H,20,23). The summed E-state index contributed by atoms with van der Waals surface area (Å²) in [7, 11) is 0. The van der Waals surface area contributed by atoms with Crippen molar-refractivity contribution in [3.05, 3.63) is 50.7 Å². The molecule has 3 aromatic rings. The van der Waals surface area contributed by atoms with Gasteiger partial charge in [0, 0.05) is 22.2 Å². The molecule has 0 aliphatic carbocycles. The number of nitrogens with two attached hydrogens (primary N) is 1. The van der Waals surface area contributed by atoms with Crippen LogP contribution in [0.25, 0.3) is 5.65 Å². The quantitative estimate of drug-likeness (QED) is 0.748. The first-order valence-corrected chi connectivity index (χ1v) is 8.34. The maximum absolute atomic E-state index is 12.7. The van der Waals surface area contributed by atoms with E-state index in [1.807, 2.05) is 13.8 Å². The molecular weight excluding hydrogens is 348 g/mol. The van der Waals surface area contributed by atoms with Gasteiger partial charge in [0.1, 0.15) is 16.3 Å². The highest BCUT2D eigenvalue weighted by Crippen LogP contribution is 2.32. The van der Waals surface area contributed by atoms with E-state index in [1.165, 1.54) is 11.3 Å². The highest BCUT2D eigenvalue weighted by Gasteiger charge is 2.22. The van der Waals surface area contributed by atoms with Gasteiger partial charge >= 0.3 is 0 Å². The number of thiophene rings is 1. The summed E-state index contributed by atoms with van der Waals surface area (Å²) in [6.45, 7) is 5.43. The van der Waals surface area contributed by atoms with Crippen LogP contribution in [0.15, 0.2) is 18.3 Å². The number of nitrogens with zero attached hydrogens (tertiary/aromatic N) is 2. The number of halogens is 1. The number of hydrogen-bond donors (Lipinski definition) is 2. The maximum Gasteiger partial charge on any atom is 0.275 e. The Bertz CT molecular complexity index is 990. The Morgan fingerprint density at radius 2 is 2.04 bits per heavy atom. The molecule has 0 aliphatic heterocycles. The zero-order valence-electron chi connectivity index (χ0n) is 13.3. The van der Waals surface area contributed by atoms with Crippen molar-refractivity contribution in [2.24, 2.45) is 5.73 Å². The second-order valence-corrected chi connectivity index (χ2v) is 7.09. The van der Waals surface area contributed by atoms with Crippen molar-refractivity contribution in [3.8, 4) is 0 Å². The molecule has 0 fully saturated rings. The van der Waals surface area contributed by atoms with Gasteiger partial charge < -0.3 is 11.1 Å². The zero-order valence-corrected chi connectivity index (χ0v) is 14.9. The molecule has 3 N–H and O–H groups in total. The van der Waals surface area contributed by atoms with Crippen molar-refractivity contribution in [2.75, 3.05) is 5.32 Å². The normalized spacial score (nSPS) is 11.0. The van der Waals surface area contributed by atoms with Crippen LogP contribution in [0, 0.1) is 20.8 Å². The summed E-state index contributed by atoms with van der Waals surface area (Å²) in [4.78, 5) is 29.7. The van der Waals surface area contributed by atoms with Gasteiger partial charge in [0.25, 0.3) is 11.8 Å². The molecule has 0 atom stereocenters. The Morgan fingerprint density at radius 1 is 1.33 bits per heavy atom. The molecule has 8 heteroatoms. The molecule has 0 unspecified atom stereocenters. The van der Waals surface area contributed by atoms with Crippen LogP contribution in [0.3, 0.4) is 0 Å². The Labute approximate surface area is 147 Å². The average Bonchev–Trinajstić information content (AvgIpc) is 2.94. The lowest BCUT2D eigenvalue weighted by atomic mass is 10.1. The molecule has 0 saturated carbocycles. The SMILES string of the molecule is Cc1nc2cc(Cl)ccn2c1C(=O)Nc1sc(C)c(C)c1C(N)=O. The van der Waals surface area contributed by atoms with Crippen LogP contribution >= 0.6 is 22.9 Å². The number of pyridine rings is 1. The zero-order chi connectivity index (χ0) is 17.6. The number of carbonyl (C=O) groups is 2. The Hall–Kier alpha value is -2.38. The molecule has 3 aromatic heterocycles. The van der Waals surface area contributed by atoms with Crippen molar-refractivity contribution >= 4 is 45.4 Å². The molecule has 2 amide bonds. The van der Waals surface area contributed by atoms with Gasteiger partial charge in [-0.2, -0.15) is 0 Å². The van der Waals surface area contributed by atoms with Crippen LogP contribution < -0.4 is 11.1 Å². The van der Waals surface area contributed by atoms with Crippen LogP contribution in [0.4, 0.5) is 5.00 Å². The van der Waals surface area contributed by atoms with Crippen LogP contribution in [0.2, 0.25) is 5.02 Å². The van der Waals surface area contributed by atoms with Gasteiger partial charge in [-0.3, -0.25) is 14.0 Å². The molecule has 0 radical (unpaired) electrons. The minimum absolute atomic E-state index is 0.348. The number of rotatable bonds is 3. The van der Waals surface area contributed by atoms with Crippen molar-refractivity contribution in [1.82, 2.24) is 9.38 Å². The number of nitrogens with one attached hydrogen (secondary N) is 1. The maximum atomic E-state index is 12.7. The molecule has 24 heavy (non-hydrogen) atoms. The van der Waals surface area contributed by atoms with E-state index in [9.17, 15) is 9.59 Å². The fraction of sp³-hybridized carbons (Fsp3) is 0.188. The number of aromatic nitrogens is 2. The molecule has 3 heterocycles. The van der Waals surface area contributed by atoms with Gasteiger partial charge in [-0.15, -0.1) is 11.3 Å². The second kappa shape index (κ2) is 5.92. The van der Waals surface area contributed by atoms with Gasteiger partial charge in [0.15, 0.2) is 0 Å². The smallest absolute Gasteiger partial charge is 0.275 e. The summed E-state index contributed by atoms with van der Waals surface area (Å²) in [6.07, 6.45) is 1.69. The molecule has 0 saturated heterocycles. The molecule has 0 bridgehead atoms. The largest absolute Gasteiger partial charge is 0.365 e. The van der Waals surface area contributed by atoms with E-state index in [2.05, 4.69) is 10.3 Å². The van der Waals surface area contributed by atoms with Crippen molar-refractivity contribution in [1.29, 1.82) is 0 Å². The van der Waals surface area contributed by atoms with Crippen molar-refractivity contribution in [3.63, 3.8) is 0 Å². The lowest BCUT2D eigenvalue weighted by molar-refractivity contribution is 0.100. The molecule has 6 nitrogen and oxygen atoms in total. The molecule has 0 aliphatic rings. The monoisotopic (exact) mass is 362 g/mol. The van der Waals surface area contributed by atoms with Crippen LogP contribution in [-0.4, -0.2) is 21.2 Å². The van der Waals surface area contributed by atoms with Crippen LogP contribution in [0.1, 0.15) is 37.0 Å². The first-order valence-electron chi connectivity index (χ1n) is 7.15. The highest BCUT2D eigenvalue weighted by atomic mass is 35.5. The molecule has 0 aromatic carbocycles.